The molecular weight excluding hydrogens is 202 g/mol. The van der Waals surface area contributed by atoms with Crippen LogP contribution in [0.3, 0.4) is 0 Å². The van der Waals surface area contributed by atoms with Gasteiger partial charge in [0.2, 0.25) is 5.91 Å². The number of carbonyl (C=O) groups excluding carboxylic acids is 1. The summed E-state index contributed by atoms with van der Waals surface area (Å²) >= 11 is 0. The number of primary amides is 1. The summed E-state index contributed by atoms with van der Waals surface area (Å²) in [6.07, 6.45) is 1.55. The van der Waals surface area contributed by atoms with Crippen LogP contribution in [0.1, 0.15) is 10.4 Å². The van der Waals surface area contributed by atoms with Crippen molar-refractivity contribution in [2.45, 2.75) is 0 Å². The highest BCUT2D eigenvalue weighted by Gasteiger charge is 2.02. The second-order valence-corrected chi connectivity index (χ2v) is 3.29. The molecule has 0 radical (unpaired) electrons. The third-order valence-electron chi connectivity index (χ3n) is 2.09. The summed E-state index contributed by atoms with van der Waals surface area (Å²) < 4.78 is 0. The molecule has 0 saturated carbocycles. The topological polar surface area (TPSA) is 68.0 Å². The minimum atomic E-state index is -0.460. The number of benzene rings is 1. The van der Waals surface area contributed by atoms with Gasteiger partial charge < -0.3 is 11.1 Å². The lowest BCUT2D eigenvalue weighted by atomic mass is 10.2. The molecule has 80 valence electrons. The molecular formula is C12H11N3O. The Morgan fingerprint density at radius 3 is 2.62 bits per heavy atom. The lowest BCUT2D eigenvalue weighted by Gasteiger charge is -2.05. The molecule has 0 saturated heterocycles. The first-order valence-corrected chi connectivity index (χ1v) is 4.83. The van der Waals surface area contributed by atoms with Crippen molar-refractivity contribution >= 4 is 17.4 Å². The fraction of sp³-hybridized carbons (Fsp3) is 0. The lowest BCUT2D eigenvalue weighted by Crippen LogP contribution is -2.11. The van der Waals surface area contributed by atoms with E-state index in [-0.39, 0.29) is 0 Å². The SMILES string of the molecule is NC(=O)c1ccnc(Nc2ccccc2)c1. The van der Waals surface area contributed by atoms with Crippen LogP contribution in [0.4, 0.5) is 11.5 Å². The van der Waals surface area contributed by atoms with E-state index in [2.05, 4.69) is 10.3 Å². The fourth-order valence-electron chi connectivity index (χ4n) is 1.32. The number of anilines is 2. The summed E-state index contributed by atoms with van der Waals surface area (Å²) in [4.78, 5) is 15.1. The molecule has 3 N–H and O–H groups in total. The molecule has 0 aliphatic heterocycles. The van der Waals surface area contributed by atoms with Crippen molar-refractivity contribution in [1.29, 1.82) is 0 Å². The Morgan fingerprint density at radius 1 is 1.19 bits per heavy atom. The highest BCUT2D eigenvalue weighted by Crippen LogP contribution is 2.14. The average molecular weight is 213 g/mol. The van der Waals surface area contributed by atoms with E-state index >= 15 is 0 Å². The van der Waals surface area contributed by atoms with Gasteiger partial charge in [-0.25, -0.2) is 4.98 Å². The Hall–Kier alpha value is -2.36. The monoisotopic (exact) mass is 213 g/mol. The van der Waals surface area contributed by atoms with Gasteiger partial charge in [-0.05, 0) is 24.3 Å². The van der Waals surface area contributed by atoms with Gasteiger partial charge in [0.25, 0.3) is 0 Å². The van der Waals surface area contributed by atoms with E-state index in [4.69, 9.17) is 5.73 Å². The molecule has 1 heterocycles. The predicted molar refractivity (Wildman–Crippen MR) is 62.5 cm³/mol. The number of nitrogens with one attached hydrogen (secondary N) is 1. The molecule has 4 nitrogen and oxygen atoms in total. The van der Waals surface area contributed by atoms with E-state index in [1.165, 1.54) is 0 Å². The van der Waals surface area contributed by atoms with Gasteiger partial charge in [-0.15, -0.1) is 0 Å². The minimum absolute atomic E-state index is 0.438. The predicted octanol–water partition coefficient (Wildman–Crippen LogP) is 1.92. The number of carbonyl (C=O) groups is 1. The van der Waals surface area contributed by atoms with Crippen LogP contribution < -0.4 is 11.1 Å². The Labute approximate surface area is 93.1 Å². The Morgan fingerprint density at radius 2 is 1.94 bits per heavy atom. The molecule has 2 rings (SSSR count). The molecule has 0 spiro atoms. The zero-order valence-electron chi connectivity index (χ0n) is 8.55. The first-order chi connectivity index (χ1) is 7.75. The van der Waals surface area contributed by atoms with Crippen LogP contribution in [-0.2, 0) is 0 Å². The van der Waals surface area contributed by atoms with E-state index in [1.54, 1.807) is 18.3 Å². The van der Waals surface area contributed by atoms with Crippen LogP contribution in [0.15, 0.2) is 48.7 Å². The van der Waals surface area contributed by atoms with Crippen LogP contribution in [0.25, 0.3) is 0 Å². The van der Waals surface area contributed by atoms with Crippen molar-refractivity contribution in [3.63, 3.8) is 0 Å². The molecule has 1 aromatic carbocycles. The van der Waals surface area contributed by atoms with Gasteiger partial charge >= 0.3 is 0 Å². The first-order valence-electron chi connectivity index (χ1n) is 4.83. The fourth-order valence-corrected chi connectivity index (χ4v) is 1.32. The maximum atomic E-state index is 11.0. The molecule has 0 fully saturated rings. The largest absolute Gasteiger partial charge is 0.366 e. The molecule has 1 aromatic heterocycles. The van der Waals surface area contributed by atoms with Gasteiger partial charge in [0.05, 0.1) is 0 Å². The summed E-state index contributed by atoms with van der Waals surface area (Å²) in [5, 5.41) is 3.08. The van der Waals surface area contributed by atoms with Crippen LogP contribution in [-0.4, -0.2) is 10.9 Å². The quantitative estimate of drug-likeness (QED) is 0.818. The second-order valence-electron chi connectivity index (χ2n) is 3.29. The third kappa shape index (κ3) is 2.36. The summed E-state index contributed by atoms with van der Waals surface area (Å²) in [6, 6.07) is 12.8. The molecule has 0 aliphatic carbocycles. The third-order valence-corrected chi connectivity index (χ3v) is 2.09. The van der Waals surface area contributed by atoms with E-state index in [0.717, 1.165) is 5.69 Å². The van der Waals surface area contributed by atoms with Gasteiger partial charge in [0.15, 0.2) is 0 Å². The number of aromatic nitrogens is 1. The standard InChI is InChI=1S/C12H11N3O/c13-12(16)9-6-7-14-11(8-9)15-10-4-2-1-3-5-10/h1-8H,(H2,13,16)(H,14,15). The van der Waals surface area contributed by atoms with E-state index in [0.29, 0.717) is 11.4 Å². The number of hydrogen-bond acceptors (Lipinski definition) is 3. The molecule has 0 bridgehead atoms. The van der Waals surface area contributed by atoms with Crippen molar-refractivity contribution in [1.82, 2.24) is 4.98 Å². The van der Waals surface area contributed by atoms with Gasteiger partial charge in [-0.1, -0.05) is 18.2 Å². The number of hydrogen-bond donors (Lipinski definition) is 2. The number of nitrogens with zero attached hydrogens (tertiary/aromatic N) is 1. The maximum absolute atomic E-state index is 11.0. The summed E-state index contributed by atoms with van der Waals surface area (Å²) in [7, 11) is 0. The summed E-state index contributed by atoms with van der Waals surface area (Å²) in [5.74, 6) is 0.140. The highest BCUT2D eigenvalue weighted by atomic mass is 16.1. The first kappa shape index (κ1) is 10.2. The zero-order valence-corrected chi connectivity index (χ0v) is 8.55. The molecule has 16 heavy (non-hydrogen) atoms. The molecule has 2 aromatic rings. The number of nitrogens with two attached hydrogens (primary N) is 1. The summed E-state index contributed by atoms with van der Waals surface area (Å²) in [5.41, 5.74) is 6.53. The molecule has 1 amide bonds. The van der Waals surface area contributed by atoms with Crippen molar-refractivity contribution in [2.75, 3.05) is 5.32 Å². The van der Waals surface area contributed by atoms with Crippen LogP contribution in [0.5, 0.6) is 0 Å². The van der Waals surface area contributed by atoms with Gasteiger partial charge in [0.1, 0.15) is 5.82 Å². The lowest BCUT2D eigenvalue weighted by molar-refractivity contribution is 0.1000. The normalized spacial score (nSPS) is 9.75. The van der Waals surface area contributed by atoms with Gasteiger partial charge in [-0.3, -0.25) is 4.79 Å². The zero-order chi connectivity index (χ0) is 11.4. The Kier molecular flexibility index (Phi) is 2.82. The van der Waals surface area contributed by atoms with Crippen LogP contribution in [0.2, 0.25) is 0 Å². The van der Waals surface area contributed by atoms with Crippen molar-refractivity contribution in [3.8, 4) is 0 Å². The van der Waals surface area contributed by atoms with Crippen molar-refractivity contribution < 1.29 is 4.79 Å². The van der Waals surface area contributed by atoms with E-state index in [9.17, 15) is 4.79 Å². The van der Waals surface area contributed by atoms with Gasteiger partial charge in [0, 0.05) is 17.4 Å². The Balaban J connectivity index is 2.22. The molecule has 0 atom stereocenters. The Bertz CT molecular complexity index is 497. The number of amides is 1. The smallest absolute Gasteiger partial charge is 0.248 e. The van der Waals surface area contributed by atoms with Crippen LogP contribution >= 0.6 is 0 Å². The van der Waals surface area contributed by atoms with Crippen molar-refractivity contribution in [2.24, 2.45) is 5.73 Å². The van der Waals surface area contributed by atoms with E-state index in [1.807, 2.05) is 30.3 Å². The average Bonchev–Trinajstić information content (AvgIpc) is 2.30. The molecule has 4 heteroatoms. The summed E-state index contributed by atoms with van der Waals surface area (Å²) in [6.45, 7) is 0. The number of pyridine rings is 1. The molecule has 0 aliphatic rings. The second kappa shape index (κ2) is 4.44. The van der Waals surface area contributed by atoms with Crippen LogP contribution in [0, 0.1) is 0 Å². The molecule has 0 unspecified atom stereocenters. The van der Waals surface area contributed by atoms with Gasteiger partial charge in [-0.2, -0.15) is 0 Å². The highest BCUT2D eigenvalue weighted by molar-refractivity contribution is 5.93. The maximum Gasteiger partial charge on any atom is 0.248 e. The van der Waals surface area contributed by atoms with Crippen molar-refractivity contribution in [3.05, 3.63) is 54.2 Å². The number of para-hydroxylation sites is 1. The number of rotatable bonds is 3. The minimum Gasteiger partial charge on any atom is -0.366 e. The van der Waals surface area contributed by atoms with E-state index < -0.39 is 5.91 Å².